The monoisotopic (exact) mass is 441 g/mol. The van der Waals surface area contributed by atoms with Crippen molar-refractivity contribution in [3.8, 4) is 0 Å². The third-order valence-corrected chi connectivity index (χ3v) is 6.35. The lowest BCUT2D eigenvalue weighted by molar-refractivity contribution is -0.258. The first-order chi connectivity index (χ1) is 13.1. The maximum atomic E-state index is 6.53. The highest BCUT2D eigenvalue weighted by Crippen LogP contribution is 2.46. The summed E-state index contributed by atoms with van der Waals surface area (Å²) in [6.07, 6.45) is 2.84. The van der Waals surface area contributed by atoms with Crippen molar-refractivity contribution in [2.24, 2.45) is 0 Å². The Morgan fingerprint density at radius 2 is 1.78 bits per heavy atom. The minimum Gasteiger partial charge on any atom is -0.350 e. The Balaban J connectivity index is 1.74. The molecule has 1 saturated heterocycles. The summed E-state index contributed by atoms with van der Waals surface area (Å²) >= 11 is 20.4. The van der Waals surface area contributed by atoms with Gasteiger partial charge >= 0.3 is 0 Å². The first-order valence-electron chi connectivity index (χ1n) is 8.76. The van der Waals surface area contributed by atoms with Crippen LogP contribution < -0.4 is 0 Å². The summed E-state index contributed by atoms with van der Waals surface area (Å²) in [7, 11) is 0. The molecule has 0 saturated carbocycles. The van der Waals surface area contributed by atoms with Crippen LogP contribution in [0.3, 0.4) is 0 Å². The second-order valence-corrected chi connectivity index (χ2v) is 8.60. The Kier molecular flexibility index (Phi) is 6.22. The molecule has 2 aliphatic heterocycles. The van der Waals surface area contributed by atoms with Crippen molar-refractivity contribution in [3.05, 3.63) is 68.7 Å². The van der Waals surface area contributed by atoms with Gasteiger partial charge in [-0.15, -0.1) is 0 Å². The topological polar surface area (TPSA) is 21.7 Å². The quantitative estimate of drug-likeness (QED) is 0.511. The smallest absolute Gasteiger partial charge is 0.183 e. The van der Waals surface area contributed by atoms with E-state index in [1.807, 2.05) is 41.5 Å². The van der Waals surface area contributed by atoms with Gasteiger partial charge in [0.15, 0.2) is 6.29 Å². The van der Waals surface area contributed by atoms with E-state index in [4.69, 9.17) is 44.4 Å². The van der Waals surface area contributed by atoms with E-state index in [2.05, 4.69) is 0 Å². The van der Waals surface area contributed by atoms with Crippen LogP contribution in [-0.2, 0) is 9.57 Å². The van der Waals surface area contributed by atoms with Crippen molar-refractivity contribution in [2.45, 2.75) is 25.6 Å². The molecule has 27 heavy (non-hydrogen) atoms. The van der Waals surface area contributed by atoms with Crippen molar-refractivity contribution in [1.29, 1.82) is 0 Å². The van der Waals surface area contributed by atoms with E-state index in [1.54, 1.807) is 17.8 Å². The van der Waals surface area contributed by atoms with E-state index in [0.717, 1.165) is 47.6 Å². The number of nitrogens with zero attached hydrogens (tertiary/aromatic N) is 1. The molecule has 2 aromatic rings. The first kappa shape index (κ1) is 19.4. The average Bonchev–Trinajstić information content (AvgIpc) is 3.06. The van der Waals surface area contributed by atoms with E-state index >= 15 is 0 Å². The third kappa shape index (κ3) is 4.42. The van der Waals surface area contributed by atoms with Crippen LogP contribution in [-0.4, -0.2) is 23.8 Å². The van der Waals surface area contributed by atoms with Gasteiger partial charge in [-0.3, -0.25) is 0 Å². The zero-order valence-electron chi connectivity index (χ0n) is 14.5. The Morgan fingerprint density at radius 3 is 2.48 bits per heavy atom. The molecule has 0 aromatic heterocycles. The largest absolute Gasteiger partial charge is 0.350 e. The molecule has 0 amide bonds. The molecule has 0 N–H and O–H groups in total. The third-order valence-electron chi connectivity index (χ3n) is 4.47. The first-order valence-corrected chi connectivity index (χ1v) is 10.9. The van der Waals surface area contributed by atoms with Crippen LogP contribution in [0, 0.1) is 0 Å². The molecule has 0 spiro atoms. The van der Waals surface area contributed by atoms with Crippen molar-refractivity contribution >= 4 is 57.2 Å². The van der Waals surface area contributed by atoms with Gasteiger partial charge in [0.25, 0.3) is 0 Å². The molecule has 1 unspecified atom stereocenters. The summed E-state index contributed by atoms with van der Waals surface area (Å²) in [6, 6.07) is 13.3. The highest BCUT2D eigenvalue weighted by atomic mass is 35.5. The molecular formula is C20H18Cl3NO2S. The molecule has 0 aliphatic carbocycles. The number of benzene rings is 2. The maximum Gasteiger partial charge on any atom is 0.183 e. The van der Waals surface area contributed by atoms with Gasteiger partial charge in [-0.1, -0.05) is 58.7 Å². The summed E-state index contributed by atoms with van der Waals surface area (Å²) in [5.41, 5.74) is 2.88. The van der Waals surface area contributed by atoms with Gasteiger partial charge in [-0.2, -0.15) is 0 Å². The molecule has 2 aromatic carbocycles. The highest BCUT2D eigenvalue weighted by Gasteiger charge is 2.30. The Labute approximate surface area is 178 Å². The fourth-order valence-corrected chi connectivity index (χ4v) is 4.86. The molecule has 1 atom stereocenters. The molecule has 142 valence electrons. The fourth-order valence-electron chi connectivity index (χ4n) is 3.15. The zero-order chi connectivity index (χ0) is 18.8. The summed E-state index contributed by atoms with van der Waals surface area (Å²) in [5, 5.41) is 3.78. The van der Waals surface area contributed by atoms with Gasteiger partial charge in [0.2, 0.25) is 0 Å². The number of hydrogen-bond donors (Lipinski definition) is 0. The van der Waals surface area contributed by atoms with E-state index in [1.165, 1.54) is 0 Å². The molecule has 7 heteroatoms. The standard InChI is InChI=1S/C20H18Cl3NO2S/c21-14-6-4-13(5-7-14)20-19(16-9-8-15(22)11-17(16)23)24(12-27-20)26-18-3-1-2-10-25-18/h4-9,11,18H,1-3,10,12H2. The minimum atomic E-state index is -0.231. The van der Waals surface area contributed by atoms with Gasteiger partial charge < -0.3 is 4.74 Å². The van der Waals surface area contributed by atoms with Crippen LogP contribution >= 0.6 is 46.6 Å². The van der Waals surface area contributed by atoms with Crippen LogP contribution in [0.2, 0.25) is 15.1 Å². The van der Waals surface area contributed by atoms with Crippen molar-refractivity contribution in [3.63, 3.8) is 0 Å². The van der Waals surface area contributed by atoms with Crippen LogP contribution in [0.25, 0.3) is 10.6 Å². The lowest BCUT2D eigenvalue weighted by Crippen LogP contribution is -2.31. The molecular weight excluding hydrogens is 425 g/mol. The van der Waals surface area contributed by atoms with Crippen molar-refractivity contribution in [2.75, 3.05) is 12.5 Å². The Morgan fingerprint density at radius 1 is 1.00 bits per heavy atom. The van der Waals surface area contributed by atoms with Gasteiger partial charge in [0.1, 0.15) is 0 Å². The summed E-state index contributed by atoms with van der Waals surface area (Å²) < 4.78 is 5.76. The predicted molar refractivity (Wildman–Crippen MR) is 114 cm³/mol. The average molecular weight is 443 g/mol. The molecule has 4 rings (SSSR count). The molecule has 2 aliphatic rings. The van der Waals surface area contributed by atoms with Crippen LogP contribution in [0.15, 0.2) is 42.5 Å². The lowest BCUT2D eigenvalue weighted by atomic mass is 10.1. The van der Waals surface area contributed by atoms with Gasteiger partial charge in [-0.25, -0.2) is 9.90 Å². The second kappa shape index (κ2) is 8.64. The van der Waals surface area contributed by atoms with E-state index in [-0.39, 0.29) is 6.29 Å². The summed E-state index contributed by atoms with van der Waals surface area (Å²) in [5.74, 6) is 0.659. The molecule has 2 heterocycles. The number of rotatable bonds is 4. The predicted octanol–water partition coefficient (Wildman–Crippen LogP) is 6.94. The molecule has 0 radical (unpaired) electrons. The normalized spacial score (nSPS) is 20.4. The molecule has 1 fully saturated rings. The van der Waals surface area contributed by atoms with Crippen LogP contribution in [0.4, 0.5) is 0 Å². The fraction of sp³-hybridized carbons (Fsp3) is 0.300. The molecule has 3 nitrogen and oxygen atoms in total. The zero-order valence-corrected chi connectivity index (χ0v) is 17.5. The Bertz CT molecular complexity index is 851. The van der Waals surface area contributed by atoms with E-state index < -0.39 is 0 Å². The number of hydrogen-bond acceptors (Lipinski definition) is 4. The number of thioether (sulfide) groups is 1. The van der Waals surface area contributed by atoms with Gasteiger partial charge in [0, 0.05) is 33.5 Å². The van der Waals surface area contributed by atoms with Crippen LogP contribution in [0.5, 0.6) is 0 Å². The van der Waals surface area contributed by atoms with Gasteiger partial charge in [-0.05, 0) is 48.7 Å². The number of hydroxylamine groups is 2. The Hall–Kier alpha value is -0.880. The van der Waals surface area contributed by atoms with Crippen molar-refractivity contribution in [1.82, 2.24) is 5.06 Å². The van der Waals surface area contributed by atoms with Gasteiger partial charge in [0.05, 0.1) is 16.6 Å². The second-order valence-electron chi connectivity index (χ2n) is 6.36. The SMILES string of the molecule is Clc1ccc(C2=C(c3ccc(Cl)cc3Cl)N(OC3CCCCO3)CS2)cc1. The highest BCUT2D eigenvalue weighted by molar-refractivity contribution is 8.08. The molecule has 0 bridgehead atoms. The van der Waals surface area contributed by atoms with Crippen molar-refractivity contribution < 1.29 is 9.57 Å². The van der Waals surface area contributed by atoms with E-state index in [9.17, 15) is 0 Å². The lowest BCUT2D eigenvalue weighted by Gasteiger charge is -2.29. The maximum absolute atomic E-state index is 6.53. The number of halogens is 3. The van der Waals surface area contributed by atoms with Crippen LogP contribution in [0.1, 0.15) is 30.4 Å². The number of ether oxygens (including phenoxy) is 1. The minimum absolute atomic E-state index is 0.231. The van der Waals surface area contributed by atoms with E-state index in [0.29, 0.717) is 20.9 Å². The summed E-state index contributed by atoms with van der Waals surface area (Å²) in [6.45, 7) is 0.733. The summed E-state index contributed by atoms with van der Waals surface area (Å²) in [4.78, 5) is 7.28.